The molecule has 0 saturated carbocycles. The van der Waals surface area contributed by atoms with Gasteiger partial charge in [-0.05, 0) is 72.8 Å². The van der Waals surface area contributed by atoms with Crippen molar-refractivity contribution < 1.29 is 4.79 Å². The highest BCUT2D eigenvalue weighted by Gasteiger charge is 2.09. The zero-order valence-corrected chi connectivity index (χ0v) is 16.0. The molecule has 23 heavy (non-hydrogen) atoms. The predicted octanol–water partition coefficient (Wildman–Crippen LogP) is 3.69. The number of hydrogen-bond donors (Lipinski definition) is 1. The highest BCUT2D eigenvalue weighted by atomic mass is 127. The van der Waals surface area contributed by atoms with Crippen LogP contribution in [0.2, 0.25) is 0 Å². The number of halogens is 1. The lowest BCUT2D eigenvalue weighted by Gasteiger charge is -2.20. The molecule has 124 valence electrons. The van der Waals surface area contributed by atoms with E-state index in [4.69, 9.17) is 0 Å². The SMILES string of the molecule is CCCN(CCC)CCNC(=O)c1ccc2cc(I)ccc2n1. The van der Waals surface area contributed by atoms with Crippen molar-refractivity contribution in [3.05, 3.63) is 39.6 Å². The van der Waals surface area contributed by atoms with E-state index in [0.717, 1.165) is 43.4 Å². The molecule has 2 aromatic rings. The van der Waals surface area contributed by atoms with Crippen LogP contribution < -0.4 is 5.32 Å². The van der Waals surface area contributed by atoms with Crippen molar-refractivity contribution in [2.75, 3.05) is 26.2 Å². The van der Waals surface area contributed by atoms with Crippen LogP contribution in [-0.4, -0.2) is 42.0 Å². The van der Waals surface area contributed by atoms with Crippen molar-refractivity contribution in [2.45, 2.75) is 26.7 Å². The summed E-state index contributed by atoms with van der Waals surface area (Å²) >= 11 is 2.28. The zero-order valence-electron chi connectivity index (χ0n) is 13.8. The van der Waals surface area contributed by atoms with Crippen molar-refractivity contribution >= 4 is 39.4 Å². The van der Waals surface area contributed by atoms with Crippen LogP contribution >= 0.6 is 22.6 Å². The molecule has 4 nitrogen and oxygen atoms in total. The maximum atomic E-state index is 12.3. The fourth-order valence-corrected chi connectivity index (χ4v) is 3.12. The van der Waals surface area contributed by atoms with Crippen LogP contribution in [0.3, 0.4) is 0 Å². The van der Waals surface area contributed by atoms with E-state index < -0.39 is 0 Å². The Morgan fingerprint density at radius 1 is 1.13 bits per heavy atom. The average Bonchev–Trinajstić information content (AvgIpc) is 2.54. The van der Waals surface area contributed by atoms with Crippen molar-refractivity contribution in [2.24, 2.45) is 0 Å². The van der Waals surface area contributed by atoms with Gasteiger partial charge in [-0.25, -0.2) is 4.98 Å². The summed E-state index contributed by atoms with van der Waals surface area (Å²) in [5.74, 6) is -0.0987. The summed E-state index contributed by atoms with van der Waals surface area (Å²) in [6.45, 7) is 8.07. The summed E-state index contributed by atoms with van der Waals surface area (Å²) in [5, 5.41) is 4.04. The number of pyridine rings is 1. The third-order valence-electron chi connectivity index (χ3n) is 3.68. The minimum atomic E-state index is -0.0987. The number of rotatable bonds is 8. The van der Waals surface area contributed by atoms with E-state index in [1.807, 2.05) is 18.2 Å². The maximum absolute atomic E-state index is 12.3. The number of amides is 1. The number of fused-ring (bicyclic) bond motifs is 1. The van der Waals surface area contributed by atoms with Gasteiger partial charge in [0.2, 0.25) is 0 Å². The molecule has 0 spiro atoms. The molecule has 1 N–H and O–H groups in total. The molecule has 0 atom stereocenters. The lowest BCUT2D eigenvalue weighted by Crippen LogP contribution is -2.36. The van der Waals surface area contributed by atoms with Crippen LogP contribution in [0.15, 0.2) is 30.3 Å². The van der Waals surface area contributed by atoms with Crippen molar-refractivity contribution in [1.82, 2.24) is 15.2 Å². The quantitative estimate of drug-likeness (QED) is 0.657. The van der Waals surface area contributed by atoms with E-state index in [1.54, 1.807) is 6.07 Å². The largest absolute Gasteiger partial charge is 0.349 e. The number of nitrogens with zero attached hydrogens (tertiary/aromatic N) is 2. The van der Waals surface area contributed by atoms with Crippen molar-refractivity contribution in [3.8, 4) is 0 Å². The minimum Gasteiger partial charge on any atom is -0.349 e. The van der Waals surface area contributed by atoms with Crippen molar-refractivity contribution in [1.29, 1.82) is 0 Å². The van der Waals surface area contributed by atoms with Crippen LogP contribution in [0.25, 0.3) is 10.9 Å². The van der Waals surface area contributed by atoms with Crippen LogP contribution in [-0.2, 0) is 0 Å². The minimum absolute atomic E-state index is 0.0987. The summed E-state index contributed by atoms with van der Waals surface area (Å²) in [6.07, 6.45) is 2.28. The second kappa shape index (κ2) is 9.17. The first-order chi connectivity index (χ1) is 11.1. The molecule has 0 unspecified atom stereocenters. The topological polar surface area (TPSA) is 45.2 Å². The molecule has 0 fully saturated rings. The second-order valence-corrected chi connectivity index (χ2v) is 6.88. The average molecular weight is 425 g/mol. The van der Waals surface area contributed by atoms with Gasteiger partial charge in [0.05, 0.1) is 5.52 Å². The molecule has 0 aliphatic carbocycles. The van der Waals surface area contributed by atoms with Crippen LogP contribution in [0.4, 0.5) is 0 Å². The summed E-state index contributed by atoms with van der Waals surface area (Å²) in [6, 6.07) is 9.78. The standard InChI is InChI=1S/C18H24IN3O/c1-3-10-22(11-4-2)12-9-20-18(23)17-7-5-14-13-15(19)6-8-16(14)21-17/h5-8,13H,3-4,9-12H2,1-2H3,(H,20,23). The zero-order chi connectivity index (χ0) is 16.7. The first kappa shape index (κ1) is 18.1. The molecule has 0 aliphatic rings. The molecular formula is C18H24IN3O. The smallest absolute Gasteiger partial charge is 0.269 e. The van der Waals surface area contributed by atoms with Gasteiger partial charge in [0.25, 0.3) is 5.91 Å². The number of hydrogen-bond acceptors (Lipinski definition) is 3. The first-order valence-electron chi connectivity index (χ1n) is 8.21. The molecular weight excluding hydrogens is 401 g/mol. The summed E-state index contributed by atoms with van der Waals surface area (Å²) < 4.78 is 1.17. The molecule has 0 radical (unpaired) electrons. The van der Waals surface area contributed by atoms with Gasteiger partial charge in [0.15, 0.2) is 0 Å². The van der Waals surface area contributed by atoms with Gasteiger partial charge in [-0.1, -0.05) is 19.9 Å². The molecule has 1 amide bonds. The van der Waals surface area contributed by atoms with Gasteiger partial charge in [-0.15, -0.1) is 0 Å². The molecule has 0 aliphatic heterocycles. The van der Waals surface area contributed by atoms with Gasteiger partial charge in [-0.3, -0.25) is 4.79 Å². The Labute approximate surface area is 151 Å². The lowest BCUT2D eigenvalue weighted by molar-refractivity contribution is 0.0943. The van der Waals surface area contributed by atoms with E-state index >= 15 is 0 Å². The molecule has 1 aromatic carbocycles. The Morgan fingerprint density at radius 2 is 1.87 bits per heavy atom. The third-order valence-corrected chi connectivity index (χ3v) is 4.35. The fraction of sp³-hybridized carbons (Fsp3) is 0.444. The Hall–Kier alpha value is -1.21. The van der Waals surface area contributed by atoms with E-state index in [9.17, 15) is 4.79 Å². The second-order valence-electron chi connectivity index (χ2n) is 5.63. The maximum Gasteiger partial charge on any atom is 0.269 e. The molecule has 1 aromatic heterocycles. The van der Waals surface area contributed by atoms with Gasteiger partial charge in [0, 0.05) is 22.0 Å². The first-order valence-corrected chi connectivity index (χ1v) is 9.28. The van der Waals surface area contributed by atoms with Crippen LogP contribution in [0.1, 0.15) is 37.2 Å². The number of aromatic nitrogens is 1. The molecule has 0 bridgehead atoms. The number of nitrogens with one attached hydrogen (secondary N) is 1. The van der Waals surface area contributed by atoms with Gasteiger partial charge in [-0.2, -0.15) is 0 Å². The fourth-order valence-electron chi connectivity index (χ4n) is 2.61. The summed E-state index contributed by atoms with van der Waals surface area (Å²) in [5.41, 5.74) is 1.34. The van der Waals surface area contributed by atoms with E-state index in [0.29, 0.717) is 12.2 Å². The molecule has 2 rings (SSSR count). The highest BCUT2D eigenvalue weighted by molar-refractivity contribution is 14.1. The number of carbonyl (C=O) groups is 1. The van der Waals surface area contributed by atoms with E-state index in [2.05, 4.69) is 57.7 Å². The Kier molecular flexibility index (Phi) is 7.23. The van der Waals surface area contributed by atoms with Gasteiger partial charge >= 0.3 is 0 Å². The Morgan fingerprint density at radius 3 is 2.57 bits per heavy atom. The number of carbonyl (C=O) groups excluding carboxylic acids is 1. The van der Waals surface area contributed by atoms with Crippen molar-refractivity contribution in [3.63, 3.8) is 0 Å². The highest BCUT2D eigenvalue weighted by Crippen LogP contribution is 2.16. The Balaban J connectivity index is 1.94. The monoisotopic (exact) mass is 425 g/mol. The predicted molar refractivity (Wildman–Crippen MR) is 104 cm³/mol. The van der Waals surface area contributed by atoms with Gasteiger partial charge in [0.1, 0.15) is 5.69 Å². The molecule has 0 saturated heterocycles. The van der Waals surface area contributed by atoms with Gasteiger partial charge < -0.3 is 10.2 Å². The Bertz CT molecular complexity index is 654. The summed E-state index contributed by atoms with van der Waals surface area (Å²) in [4.78, 5) is 19.1. The summed E-state index contributed by atoms with van der Waals surface area (Å²) in [7, 11) is 0. The molecule has 1 heterocycles. The molecule has 5 heteroatoms. The van der Waals surface area contributed by atoms with Crippen LogP contribution in [0, 0.1) is 3.57 Å². The number of benzene rings is 1. The van der Waals surface area contributed by atoms with E-state index in [-0.39, 0.29) is 5.91 Å². The normalized spacial score (nSPS) is 11.1. The third kappa shape index (κ3) is 5.42. The lowest BCUT2D eigenvalue weighted by atomic mass is 10.2. The van der Waals surface area contributed by atoms with Crippen LogP contribution in [0.5, 0.6) is 0 Å². The van der Waals surface area contributed by atoms with E-state index in [1.165, 1.54) is 3.57 Å².